The molecule has 0 saturated carbocycles. The van der Waals surface area contributed by atoms with Gasteiger partial charge in [0, 0.05) is 23.6 Å². The lowest BCUT2D eigenvalue weighted by Crippen LogP contribution is -2.23. The van der Waals surface area contributed by atoms with Gasteiger partial charge < -0.3 is 0 Å². The molecule has 1 aliphatic heterocycles. The predicted molar refractivity (Wildman–Crippen MR) is 82.6 cm³/mol. The Bertz CT molecular complexity index is 874. The minimum absolute atomic E-state index is 0.104. The Kier molecular flexibility index (Phi) is 2.86. The van der Waals surface area contributed by atoms with Crippen molar-refractivity contribution in [1.29, 1.82) is 0 Å². The molecule has 4 nitrogen and oxygen atoms in total. The first-order valence-corrected chi connectivity index (χ1v) is 7.58. The highest BCUT2D eigenvalue weighted by atomic mass is 32.2. The van der Waals surface area contributed by atoms with E-state index in [1.807, 2.05) is 42.5 Å². The zero-order valence-corrected chi connectivity index (χ0v) is 11.9. The highest BCUT2D eigenvalue weighted by Gasteiger charge is 2.20. The van der Waals surface area contributed by atoms with Gasteiger partial charge in [-0.2, -0.15) is 9.78 Å². The summed E-state index contributed by atoms with van der Waals surface area (Å²) in [7, 11) is 0. The van der Waals surface area contributed by atoms with E-state index < -0.39 is 0 Å². The van der Waals surface area contributed by atoms with Crippen LogP contribution in [0.1, 0.15) is 5.56 Å². The number of hydrogen-bond acceptors (Lipinski definition) is 4. The highest BCUT2D eigenvalue weighted by molar-refractivity contribution is 7.98. The lowest BCUT2D eigenvalue weighted by atomic mass is 10.1. The molecule has 0 fully saturated rings. The molecule has 0 aliphatic carbocycles. The minimum Gasteiger partial charge on any atom is -0.267 e. The first-order valence-electron chi connectivity index (χ1n) is 6.60. The van der Waals surface area contributed by atoms with E-state index in [9.17, 15) is 4.79 Å². The fourth-order valence-electron chi connectivity index (χ4n) is 2.42. The maximum Gasteiger partial charge on any atom is 0.271 e. The zero-order chi connectivity index (χ0) is 14.2. The number of rotatable bonds is 1. The van der Waals surface area contributed by atoms with E-state index in [-0.39, 0.29) is 5.56 Å². The maximum absolute atomic E-state index is 12.3. The summed E-state index contributed by atoms with van der Waals surface area (Å²) in [6, 6.07) is 15.0. The average Bonchev–Trinajstić information content (AvgIpc) is 2.55. The van der Waals surface area contributed by atoms with Gasteiger partial charge in [-0.3, -0.25) is 4.79 Å². The van der Waals surface area contributed by atoms with Crippen LogP contribution in [0.3, 0.4) is 0 Å². The zero-order valence-electron chi connectivity index (χ0n) is 11.1. The van der Waals surface area contributed by atoms with Crippen molar-refractivity contribution in [3.63, 3.8) is 0 Å². The van der Waals surface area contributed by atoms with Crippen LogP contribution in [0.15, 0.2) is 64.5 Å². The lowest BCUT2D eigenvalue weighted by molar-refractivity contribution is 0.801. The van der Waals surface area contributed by atoms with Crippen molar-refractivity contribution in [2.24, 2.45) is 0 Å². The molecule has 2 aromatic heterocycles. The van der Waals surface area contributed by atoms with Gasteiger partial charge in [0.2, 0.25) is 0 Å². The smallest absolute Gasteiger partial charge is 0.267 e. The van der Waals surface area contributed by atoms with Crippen molar-refractivity contribution >= 4 is 11.8 Å². The summed E-state index contributed by atoms with van der Waals surface area (Å²) in [4.78, 5) is 16.7. The molecule has 0 saturated heterocycles. The summed E-state index contributed by atoms with van der Waals surface area (Å²) in [6.45, 7) is 0. The maximum atomic E-state index is 12.3. The van der Waals surface area contributed by atoms with Gasteiger partial charge in [0.25, 0.3) is 5.56 Å². The summed E-state index contributed by atoms with van der Waals surface area (Å²) >= 11 is 1.64. The molecule has 21 heavy (non-hydrogen) atoms. The molecule has 0 unspecified atom stereocenters. The normalized spacial score (nSPS) is 12.6. The summed E-state index contributed by atoms with van der Waals surface area (Å²) in [5.41, 5.74) is 3.48. The first kappa shape index (κ1) is 12.3. The number of hydrogen-bond donors (Lipinski definition) is 0. The lowest BCUT2D eigenvalue weighted by Gasteiger charge is -2.18. The molecule has 5 heteroatoms. The Morgan fingerprint density at radius 1 is 1.10 bits per heavy atom. The Morgan fingerprint density at radius 3 is 2.81 bits per heavy atom. The first-order chi connectivity index (χ1) is 10.3. The largest absolute Gasteiger partial charge is 0.271 e. The van der Waals surface area contributed by atoms with Crippen LogP contribution in [0.2, 0.25) is 0 Å². The third-order valence-electron chi connectivity index (χ3n) is 3.40. The monoisotopic (exact) mass is 293 g/mol. The van der Waals surface area contributed by atoms with Crippen molar-refractivity contribution in [1.82, 2.24) is 14.8 Å². The molecule has 3 aromatic rings. The number of aromatic nitrogens is 3. The second-order valence-electron chi connectivity index (χ2n) is 4.75. The van der Waals surface area contributed by atoms with Crippen molar-refractivity contribution in [3.05, 3.63) is 70.6 Å². The number of benzene rings is 1. The molecular formula is C16H11N3OS. The molecule has 0 bridgehead atoms. The molecule has 0 radical (unpaired) electrons. The predicted octanol–water partition coefficient (Wildman–Crippen LogP) is 2.90. The summed E-state index contributed by atoms with van der Waals surface area (Å²) in [6.07, 6.45) is 1.78. The van der Waals surface area contributed by atoms with E-state index in [4.69, 9.17) is 0 Å². The van der Waals surface area contributed by atoms with Gasteiger partial charge >= 0.3 is 0 Å². The Labute approximate surface area is 125 Å². The number of thioether (sulfide) groups is 1. The minimum atomic E-state index is -0.104. The number of para-hydroxylation sites is 1. The van der Waals surface area contributed by atoms with Crippen LogP contribution in [0.5, 0.6) is 0 Å². The molecule has 0 amide bonds. The van der Waals surface area contributed by atoms with E-state index >= 15 is 0 Å². The molecule has 0 N–H and O–H groups in total. The van der Waals surface area contributed by atoms with Crippen LogP contribution in [-0.4, -0.2) is 14.8 Å². The fraction of sp³-hybridized carbons (Fsp3) is 0.0625. The van der Waals surface area contributed by atoms with Gasteiger partial charge in [-0.05, 0) is 29.8 Å². The second kappa shape index (κ2) is 4.86. The van der Waals surface area contributed by atoms with E-state index in [2.05, 4.69) is 10.1 Å². The highest BCUT2D eigenvalue weighted by Crippen LogP contribution is 2.37. The molecule has 102 valence electrons. The van der Waals surface area contributed by atoms with E-state index in [1.165, 1.54) is 4.68 Å². The van der Waals surface area contributed by atoms with Gasteiger partial charge in [-0.15, -0.1) is 11.8 Å². The van der Waals surface area contributed by atoms with Gasteiger partial charge in [-0.25, -0.2) is 4.98 Å². The Morgan fingerprint density at radius 2 is 1.95 bits per heavy atom. The van der Waals surface area contributed by atoms with Crippen LogP contribution in [0.25, 0.3) is 16.9 Å². The van der Waals surface area contributed by atoms with E-state index in [0.29, 0.717) is 0 Å². The summed E-state index contributed by atoms with van der Waals surface area (Å²) in [5, 5.41) is 5.54. The van der Waals surface area contributed by atoms with Crippen LogP contribution in [-0.2, 0) is 5.75 Å². The molecule has 1 aromatic carbocycles. The number of pyridine rings is 1. The third-order valence-corrected chi connectivity index (χ3v) is 4.46. The van der Waals surface area contributed by atoms with Crippen molar-refractivity contribution in [3.8, 4) is 16.9 Å². The molecule has 0 spiro atoms. The molecular weight excluding hydrogens is 282 g/mol. The quantitative estimate of drug-likeness (QED) is 0.692. The molecule has 1 aliphatic rings. The third kappa shape index (κ3) is 2.06. The van der Waals surface area contributed by atoms with Crippen LogP contribution >= 0.6 is 11.8 Å². The van der Waals surface area contributed by atoms with E-state index in [0.717, 1.165) is 33.3 Å². The number of nitrogens with zero attached hydrogens (tertiary/aromatic N) is 3. The van der Waals surface area contributed by atoms with Crippen LogP contribution in [0, 0.1) is 0 Å². The van der Waals surface area contributed by atoms with Gasteiger partial charge in [0.1, 0.15) is 5.03 Å². The molecule has 3 heterocycles. The van der Waals surface area contributed by atoms with Gasteiger partial charge in [0.05, 0.1) is 11.4 Å². The van der Waals surface area contributed by atoms with E-state index in [1.54, 1.807) is 24.0 Å². The fourth-order valence-corrected chi connectivity index (χ4v) is 3.38. The number of fused-ring (bicyclic) bond motifs is 3. The summed E-state index contributed by atoms with van der Waals surface area (Å²) < 4.78 is 1.45. The average molecular weight is 293 g/mol. The molecule has 0 atom stereocenters. The summed E-state index contributed by atoms with van der Waals surface area (Å²) in [5.74, 6) is 0.733. The SMILES string of the molecule is O=c1cc2c(nn1-c1ccccc1)-c1cccnc1SC2. The van der Waals surface area contributed by atoms with Gasteiger partial charge in [-0.1, -0.05) is 18.2 Å². The molecule has 4 rings (SSSR count). The Balaban J connectivity index is 1.97. The van der Waals surface area contributed by atoms with Crippen LogP contribution in [0.4, 0.5) is 0 Å². The van der Waals surface area contributed by atoms with Gasteiger partial charge in [0.15, 0.2) is 0 Å². The van der Waals surface area contributed by atoms with Crippen molar-refractivity contribution in [2.75, 3.05) is 0 Å². The standard InChI is InChI=1S/C16H11N3OS/c20-14-9-11-10-21-16-13(7-4-8-17-16)15(11)18-19(14)12-5-2-1-3-6-12/h1-9H,10H2. The topological polar surface area (TPSA) is 47.8 Å². The Hall–Kier alpha value is -2.40. The van der Waals surface area contributed by atoms with Crippen molar-refractivity contribution in [2.45, 2.75) is 10.8 Å². The second-order valence-corrected chi connectivity index (χ2v) is 5.71. The van der Waals surface area contributed by atoms with Crippen molar-refractivity contribution < 1.29 is 0 Å². The van der Waals surface area contributed by atoms with Crippen LogP contribution < -0.4 is 5.56 Å².